The summed E-state index contributed by atoms with van der Waals surface area (Å²) in [6, 6.07) is 5.64. The van der Waals surface area contributed by atoms with Crippen molar-refractivity contribution in [3.8, 4) is 0 Å². The van der Waals surface area contributed by atoms with E-state index in [9.17, 15) is 22.0 Å². The highest BCUT2D eigenvalue weighted by Crippen LogP contribution is 2.39. The highest BCUT2D eigenvalue weighted by atomic mass is 19.4. The van der Waals surface area contributed by atoms with Gasteiger partial charge in [0.15, 0.2) is 5.83 Å². The van der Waals surface area contributed by atoms with Crippen molar-refractivity contribution in [2.24, 2.45) is 17.8 Å². The van der Waals surface area contributed by atoms with E-state index in [2.05, 4.69) is 6.92 Å². The summed E-state index contributed by atoms with van der Waals surface area (Å²) in [6.07, 6.45) is 0.694. The Morgan fingerprint density at radius 1 is 1.07 bits per heavy atom. The van der Waals surface area contributed by atoms with E-state index in [4.69, 9.17) is 4.74 Å². The van der Waals surface area contributed by atoms with E-state index in [0.717, 1.165) is 25.7 Å². The molecule has 1 fully saturated rings. The second-order valence-electron chi connectivity index (χ2n) is 8.09. The number of halogens is 5. The minimum atomic E-state index is -4.33. The van der Waals surface area contributed by atoms with Crippen LogP contribution in [0, 0.1) is 17.8 Å². The smallest absolute Gasteiger partial charge is 0.385 e. The van der Waals surface area contributed by atoms with Crippen LogP contribution in [-0.2, 0) is 11.2 Å². The van der Waals surface area contributed by atoms with E-state index in [0.29, 0.717) is 24.3 Å². The average Bonchev–Trinajstić information content (AvgIpc) is 2.70. The van der Waals surface area contributed by atoms with Crippen molar-refractivity contribution in [3.05, 3.63) is 41.2 Å². The molecule has 1 nitrogen and oxygen atoms in total. The molecule has 1 unspecified atom stereocenters. The van der Waals surface area contributed by atoms with Gasteiger partial charge in [0.05, 0.1) is 5.92 Å². The third-order valence-electron chi connectivity index (χ3n) is 5.93. The van der Waals surface area contributed by atoms with Crippen LogP contribution in [0.2, 0.25) is 0 Å². The second kappa shape index (κ2) is 11.1. The van der Waals surface area contributed by atoms with Crippen LogP contribution in [0.1, 0.15) is 63.0 Å². The maximum absolute atomic E-state index is 14.6. The summed E-state index contributed by atoms with van der Waals surface area (Å²) in [5, 5.41) is 0. The predicted molar refractivity (Wildman–Crippen MR) is 106 cm³/mol. The summed E-state index contributed by atoms with van der Waals surface area (Å²) in [6.45, 7) is 2.15. The van der Waals surface area contributed by atoms with E-state index < -0.39 is 29.7 Å². The van der Waals surface area contributed by atoms with Crippen LogP contribution in [0.4, 0.5) is 22.0 Å². The van der Waals surface area contributed by atoms with Gasteiger partial charge in [-0.05, 0) is 50.0 Å². The molecule has 0 amide bonds. The van der Waals surface area contributed by atoms with Gasteiger partial charge in [-0.2, -0.15) is 13.2 Å². The number of hydrogen-bond donors (Lipinski definition) is 0. The van der Waals surface area contributed by atoms with E-state index >= 15 is 0 Å². The normalized spacial score (nSPS) is 22.3. The van der Waals surface area contributed by atoms with Gasteiger partial charge in [-0.3, -0.25) is 0 Å². The van der Waals surface area contributed by atoms with Crippen LogP contribution in [0.5, 0.6) is 0 Å². The zero-order valence-electron chi connectivity index (χ0n) is 17.2. The maximum Gasteiger partial charge on any atom is 0.392 e. The summed E-state index contributed by atoms with van der Waals surface area (Å²) in [4.78, 5) is 0. The molecule has 0 aromatic heterocycles. The number of benzene rings is 1. The van der Waals surface area contributed by atoms with Crippen molar-refractivity contribution in [1.29, 1.82) is 0 Å². The number of methoxy groups -OCH3 is 1. The monoisotopic (exact) mass is 418 g/mol. The van der Waals surface area contributed by atoms with Crippen molar-refractivity contribution in [1.82, 2.24) is 0 Å². The standard InChI is InChI=1S/C23H31F5O/c1-3-4-16-5-9-18(10-6-16)21(24)22(25)19-11-7-17(8-12-19)15-20(13-14-29-2)23(26,27)28/h7-8,11-12,16,18,20H,3-6,9-10,13-15H2,1-2H3/b22-21-. The molecule has 2 rings (SSSR count). The molecule has 1 aliphatic rings. The molecule has 1 aliphatic carbocycles. The highest BCUT2D eigenvalue weighted by Gasteiger charge is 2.39. The number of allylic oxidation sites excluding steroid dienone is 1. The zero-order valence-corrected chi connectivity index (χ0v) is 17.2. The fourth-order valence-electron chi connectivity index (χ4n) is 4.14. The van der Waals surface area contributed by atoms with Gasteiger partial charge in [-0.1, -0.05) is 44.0 Å². The lowest BCUT2D eigenvalue weighted by atomic mass is 9.79. The molecule has 1 aromatic rings. The molecule has 0 saturated heterocycles. The highest BCUT2D eigenvalue weighted by molar-refractivity contribution is 5.61. The Bertz CT molecular complexity index is 642. The first-order valence-electron chi connectivity index (χ1n) is 10.5. The third kappa shape index (κ3) is 7.09. The van der Waals surface area contributed by atoms with Crippen LogP contribution in [0.25, 0.3) is 5.83 Å². The Morgan fingerprint density at radius 3 is 2.21 bits per heavy atom. The Labute approximate surface area is 170 Å². The summed E-state index contributed by atoms with van der Waals surface area (Å²) in [5.74, 6) is -2.93. The first-order valence-corrected chi connectivity index (χ1v) is 10.5. The lowest BCUT2D eigenvalue weighted by Crippen LogP contribution is -2.26. The molecule has 0 N–H and O–H groups in total. The minimum absolute atomic E-state index is 0.0192. The van der Waals surface area contributed by atoms with Gasteiger partial charge in [-0.25, -0.2) is 8.78 Å². The maximum atomic E-state index is 14.6. The lowest BCUT2D eigenvalue weighted by Gasteiger charge is -2.27. The molecule has 0 radical (unpaired) electrons. The summed E-state index contributed by atoms with van der Waals surface area (Å²) < 4.78 is 73.5. The Morgan fingerprint density at radius 2 is 1.69 bits per heavy atom. The molecule has 1 atom stereocenters. The Hall–Kier alpha value is -1.43. The first kappa shape index (κ1) is 23.8. The average molecular weight is 418 g/mol. The van der Waals surface area contributed by atoms with E-state index in [1.807, 2.05) is 0 Å². The second-order valence-corrected chi connectivity index (χ2v) is 8.09. The van der Waals surface area contributed by atoms with Crippen LogP contribution in [-0.4, -0.2) is 19.9 Å². The number of ether oxygens (including phenoxy) is 1. The van der Waals surface area contributed by atoms with Crippen LogP contribution in [0.15, 0.2) is 30.1 Å². The molecule has 6 heteroatoms. The van der Waals surface area contributed by atoms with Crippen molar-refractivity contribution < 1.29 is 26.7 Å². The molecule has 0 aliphatic heterocycles. The van der Waals surface area contributed by atoms with Gasteiger partial charge in [0.2, 0.25) is 0 Å². The molecule has 1 saturated carbocycles. The zero-order chi connectivity index (χ0) is 21.4. The van der Waals surface area contributed by atoms with Gasteiger partial charge in [0.25, 0.3) is 0 Å². The van der Waals surface area contributed by atoms with Crippen LogP contribution < -0.4 is 0 Å². The summed E-state index contributed by atoms with van der Waals surface area (Å²) in [7, 11) is 1.36. The predicted octanol–water partition coefficient (Wildman–Crippen LogP) is 7.66. The Balaban J connectivity index is 2.03. The van der Waals surface area contributed by atoms with Crippen molar-refractivity contribution >= 4 is 5.83 Å². The Kier molecular flexibility index (Phi) is 9.12. The third-order valence-corrected chi connectivity index (χ3v) is 5.93. The topological polar surface area (TPSA) is 9.23 Å². The molecule has 0 bridgehead atoms. The quantitative estimate of drug-likeness (QED) is 0.374. The van der Waals surface area contributed by atoms with Crippen molar-refractivity contribution in [2.75, 3.05) is 13.7 Å². The molecule has 1 aromatic carbocycles. The van der Waals surface area contributed by atoms with Crippen LogP contribution >= 0.6 is 0 Å². The summed E-state index contributed by atoms with van der Waals surface area (Å²) in [5.41, 5.74) is 0.530. The largest absolute Gasteiger partial charge is 0.392 e. The van der Waals surface area contributed by atoms with Gasteiger partial charge < -0.3 is 4.74 Å². The summed E-state index contributed by atoms with van der Waals surface area (Å²) >= 11 is 0. The molecule has 0 spiro atoms. The van der Waals surface area contributed by atoms with E-state index in [1.54, 1.807) is 0 Å². The molecular weight excluding hydrogens is 387 g/mol. The lowest BCUT2D eigenvalue weighted by molar-refractivity contribution is -0.178. The SMILES string of the molecule is CCCC1CCC(/C(F)=C(/F)c2ccc(CC(CCOC)C(F)(F)F)cc2)CC1. The van der Waals surface area contributed by atoms with Crippen molar-refractivity contribution in [2.45, 2.75) is 64.5 Å². The number of rotatable bonds is 9. The van der Waals surface area contributed by atoms with Crippen molar-refractivity contribution in [3.63, 3.8) is 0 Å². The van der Waals surface area contributed by atoms with Crippen LogP contribution in [0.3, 0.4) is 0 Å². The fraction of sp³-hybridized carbons (Fsp3) is 0.652. The molecule has 0 heterocycles. The number of hydrogen-bond acceptors (Lipinski definition) is 1. The minimum Gasteiger partial charge on any atom is -0.385 e. The number of alkyl halides is 3. The molecule has 164 valence electrons. The first-order chi connectivity index (χ1) is 13.8. The van der Waals surface area contributed by atoms with Gasteiger partial charge in [-0.15, -0.1) is 0 Å². The van der Waals surface area contributed by atoms with Gasteiger partial charge in [0.1, 0.15) is 5.83 Å². The molecular formula is C23H31F5O. The molecule has 29 heavy (non-hydrogen) atoms. The van der Waals surface area contributed by atoms with Gasteiger partial charge >= 0.3 is 6.18 Å². The fourth-order valence-corrected chi connectivity index (χ4v) is 4.14. The van der Waals surface area contributed by atoms with E-state index in [1.165, 1.54) is 31.4 Å². The van der Waals surface area contributed by atoms with Gasteiger partial charge in [0, 0.05) is 25.2 Å². The van der Waals surface area contributed by atoms with E-state index in [-0.39, 0.29) is 25.0 Å².